The van der Waals surface area contributed by atoms with Crippen LogP contribution in [0.5, 0.6) is 0 Å². The maximum Gasteiger partial charge on any atom is 0.231 e. The highest BCUT2D eigenvalue weighted by atomic mass is 32.2. The number of rotatable bonds is 10. The Morgan fingerprint density at radius 3 is 2.68 bits per heavy atom. The van der Waals surface area contributed by atoms with Crippen molar-refractivity contribution >= 4 is 11.8 Å². The third-order valence-electron chi connectivity index (χ3n) is 3.14. The Morgan fingerprint density at radius 1 is 1.26 bits per heavy atom. The fourth-order valence-corrected chi connectivity index (χ4v) is 2.77. The molecule has 0 amide bonds. The van der Waals surface area contributed by atoms with Gasteiger partial charge in [-0.15, -0.1) is 0 Å². The third-order valence-corrected chi connectivity index (χ3v) is 4.30. The second kappa shape index (κ2) is 9.37. The molecule has 0 radical (unpaired) electrons. The molecular formula is C14H27N3OS. The van der Waals surface area contributed by atoms with Gasteiger partial charge in [0, 0.05) is 6.04 Å². The van der Waals surface area contributed by atoms with Crippen LogP contribution in [0.3, 0.4) is 0 Å². The van der Waals surface area contributed by atoms with E-state index in [0.717, 1.165) is 42.6 Å². The Labute approximate surface area is 121 Å². The zero-order valence-electron chi connectivity index (χ0n) is 12.6. The van der Waals surface area contributed by atoms with Crippen molar-refractivity contribution in [1.82, 2.24) is 15.5 Å². The molecule has 5 heteroatoms. The summed E-state index contributed by atoms with van der Waals surface area (Å²) in [6, 6.07) is 0.376. The average molecular weight is 285 g/mol. The minimum atomic E-state index is 0.309. The van der Waals surface area contributed by atoms with Gasteiger partial charge >= 0.3 is 0 Å². The predicted molar refractivity (Wildman–Crippen MR) is 81.5 cm³/mol. The molecule has 1 N–H and O–H groups in total. The van der Waals surface area contributed by atoms with Crippen LogP contribution in [-0.4, -0.2) is 28.5 Å². The number of nitrogens with zero attached hydrogens (tertiary/aromatic N) is 2. The van der Waals surface area contributed by atoms with Crippen molar-refractivity contribution in [2.75, 3.05) is 12.3 Å². The van der Waals surface area contributed by atoms with Crippen molar-refractivity contribution in [2.45, 2.75) is 64.7 Å². The fraction of sp³-hybridized carbons (Fsp3) is 0.857. The van der Waals surface area contributed by atoms with Crippen molar-refractivity contribution in [3.8, 4) is 0 Å². The highest BCUT2D eigenvalue weighted by molar-refractivity contribution is 7.98. The summed E-state index contributed by atoms with van der Waals surface area (Å²) in [6.07, 6.45) is 3.34. The molecule has 2 atom stereocenters. The first-order valence-electron chi connectivity index (χ1n) is 7.36. The van der Waals surface area contributed by atoms with Gasteiger partial charge in [-0.1, -0.05) is 25.9 Å². The normalized spacial score (nSPS) is 14.5. The Bertz CT molecular complexity index is 343. The van der Waals surface area contributed by atoms with Crippen LogP contribution in [0.4, 0.5) is 0 Å². The molecular weight excluding hydrogens is 258 g/mol. The number of nitrogens with one attached hydrogen (secondary N) is 1. The summed E-state index contributed by atoms with van der Waals surface area (Å²) < 4.78 is 5.44. The van der Waals surface area contributed by atoms with Crippen molar-refractivity contribution in [1.29, 1.82) is 0 Å². The van der Waals surface area contributed by atoms with Gasteiger partial charge in [0.1, 0.15) is 0 Å². The van der Waals surface area contributed by atoms with E-state index in [2.05, 4.69) is 43.2 Å². The Hall–Kier alpha value is -0.550. The monoisotopic (exact) mass is 285 g/mol. The number of aromatic nitrogens is 2. The molecule has 110 valence electrons. The summed E-state index contributed by atoms with van der Waals surface area (Å²) in [5, 5.41) is 7.60. The Kier molecular flexibility index (Phi) is 8.14. The molecule has 0 aliphatic carbocycles. The lowest BCUT2D eigenvalue weighted by Crippen LogP contribution is -2.32. The van der Waals surface area contributed by atoms with Crippen LogP contribution in [0.2, 0.25) is 0 Å². The lowest BCUT2D eigenvalue weighted by atomic mass is 9.98. The second-order valence-corrected chi connectivity index (χ2v) is 5.96. The zero-order valence-corrected chi connectivity index (χ0v) is 13.4. The van der Waals surface area contributed by atoms with E-state index >= 15 is 0 Å². The van der Waals surface area contributed by atoms with Crippen LogP contribution in [0, 0.1) is 0 Å². The van der Waals surface area contributed by atoms with E-state index in [1.165, 1.54) is 6.42 Å². The maximum absolute atomic E-state index is 5.44. The minimum absolute atomic E-state index is 0.309. The summed E-state index contributed by atoms with van der Waals surface area (Å²) in [7, 11) is 0. The first kappa shape index (κ1) is 16.5. The standard InChI is InChI=1S/C14H27N3OS/c1-5-8-15-11(4)12(7-3)14-16-13(17-18-14)10-19-9-6-2/h11-12,15H,5-10H2,1-4H3. The van der Waals surface area contributed by atoms with E-state index in [9.17, 15) is 0 Å². The van der Waals surface area contributed by atoms with E-state index in [4.69, 9.17) is 4.52 Å². The molecule has 0 bridgehead atoms. The Balaban J connectivity index is 2.55. The topological polar surface area (TPSA) is 51.0 Å². The predicted octanol–water partition coefficient (Wildman–Crippen LogP) is 3.59. The molecule has 4 nitrogen and oxygen atoms in total. The molecule has 0 aliphatic rings. The molecule has 1 aromatic rings. The van der Waals surface area contributed by atoms with Gasteiger partial charge in [0.25, 0.3) is 0 Å². The first-order chi connectivity index (χ1) is 9.22. The van der Waals surface area contributed by atoms with Crippen LogP contribution in [0.25, 0.3) is 0 Å². The summed E-state index contributed by atoms with van der Waals surface area (Å²) in [5.74, 6) is 3.92. The molecule has 0 spiro atoms. The third kappa shape index (κ3) is 5.53. The van der Waals surface area contributed by atoms with Gasteiger partial charge in [-0.2, -0.15) is 16.7 Å². The Morgan fingerprint density at radius 2 is 2.05 bits per heavy atom. The minimum Gasteiger partial charge on any atom is -0.339 e. The van der Waals surface area contributed by atoms with E-state index in [1.54, 1.807) is 0 Å². The number of hydrogen-bond donors (Lipinski definition) is 1. The fourth-order valence-electron chi connectivity index (χ4n) is 2.04. The zero-order chi connectivity index (χ0) is 14.1. The molecule has 0 aliphatic heterocycles. The summed E-state index contributed by atoms with van der Waals surface area (Å²) in [5.41, 5.74) is 0. The summed E-state index contributed by atoms with van der Waals surface area (Å²) >= 11 is 1.86. The van der Waals surface area contributed by atoms with Crippen LogP contribution < -0.4 is 5.32 Å². The summed E-state index contributed by atoms with van der Waals surface area (Å²) in [6.45, 7) is 9.76. The van der Waals surface area contributed by atoms with Gasteiger partial charge in [-0.25, -0.2) is 0 Å². The largest absolute Gasteiger partial charge is 0.339 e. The lowest BCUT2D eigenvalue weighted by Gasteiger charge is -2.20. The van der Waals surface area contributed by atoms with E-state index < -0.39 is 0 Å². The molecule has 1 rings (SSSR count). The molecule has 0 fully saturated rings. The molecule has 0 saturated heterocycles. The van der Waals surface area contributed by atoms with Crippen molar-refractivity contribution in [2.24, 2.45) is 0 Å². The van der Waals surface area contributed by atoms with Crippen LogP contribution in [-0.2, 0) is 5.75 Å². The highest BCUT2D eigenvalue weighted by Crippen LogP contribution is 2.22. The van der Waals surface area contributed by atoms with Gasteiger partial charge in [0.15, 0.2) is 5.82 Å². The smallest absolute Gasteiger partial charge is 0.231 e. The van der Waals surface area contributed by atoms with Crippen molar-refractivity contribution < 1.29 is 4.52 Å². The number of hydrogen-bond acceptors (Lipinski definition) is 5. The van der Waals surface area contributed by atoms with E-state index in [1.807, 2.05) is 11.8 Å². The molecule has 1 heterocycles. The van der Waals surface area contributed by atoms with Crippen LogP contribution in [0.15, 0.2) is 4.52 Å². The number of thioether (sulfide) groups is 1. The first-order valence-corrected chi connectivity index (χ1v) is 8.51. The molecule has 0 aromatic carbocycles. The molecule has 0 saturated carbocycles. The van der Waals surface area contributed by atoms with Crippen molar-refractivity contribution in [3.05, 3.63) is 11.7 Å². The van der Waals surface area contributed by atoms with Gasteiger partial charge in [-0.05, 0) is 38.5 Å². The van der Waals surface area contributed by atoms with Gasteiger partial charge in [0.2, 0.25) is 5.89 Å². The molecule has 19 heavy (non-hydrogen) atoms. The lowest BCUT2D eigenvalue weighted by molar-refractivity contribution is 0.314. The van der Waals surface area contributed by atoms with Gasteiger partial charge < -0.3 is 9.84 Å². The molecule has 1 aromatic heterocycles. The van der Waals surface area contributed by atoms with Gasteiger partial charge in [0.05, 0.1) is 11.7 Å². The molecule has 2 unspecified atom stereocenters. The van der Waals surface area contributed by atoms with Crippen molar-refractivity contribution in [3.63, 3.8) is 0 Å². The second-order valence-electron chi connectivity index (χ2n) is 4.86. The average Bonchev–Trinajstić information content (AvgIpc) is 2.86. The quantitative estimate of drug-likeness (QED) is 0.666. The maximum atomic E-state index is 5.44. The highest BCUT2D eigenvalue weighted by Gasteiger charge is 2.23. The van der Waals surface area contributed by atoms with Gasteiger partial charge in [-0.3, -0.25) is 0 Å². The van der Waals surface area contributed by atoms with E-state index in [-0.39, 0.29) is 0 Å². The van der Waals surface area contributed by atoms with E-state index in [0.29, 0.717) is 12.0 Å². The SMILES string of the molecule is CCCNC(C)C(CC)c1nc(CSCCC)no1. The van der Waals surface area contributed by atoms with Crippen LogP contribution >= 0.6 is 11.8 Å². The van der Waals surface area contributed by atoms with Crippen LogP contribution in [0.1, 0.15) is 64.6 Å². The summed E-state index contributed by atoms with van der Waals surface area (Å²) in [4.78, 5) is 4.54.